The largest absolute Gasteiger partial charge is 0.436 e. The topological polar surface area (TPSA) is 71.3 Å². The van der Waals surface area contributed by atoms with Crippen molar-refractivity contribution in [2.45, 2.75) is 19.9 Å². The van der Waals surface area contributed by atoms with Crippen LogP contribution in [-0.2, 0) is 0 Å². The highest BCUT2D eigenvalue weighted by Gasteiger charge is 2.31. The number of rotatable bonds is 2. The van der Waals surface area contributed by atoms with Crippen LogP contribution in [0.2, 0.25) is 0 Å². The molecular weight excluding hydrogens is 268 g/mol. The highest BCUT2D eigenvalue weighted by atomic mass is 16.4. The van der Waals surface area contributed by atoms with Gasteiger partial charge in [0.1, 0.15) is 0 Å². The summed E-state index contributed by atoms with van der Waals surface area (Å²) in [5.74, 6) is 0.746. The molecule has 0 aliphatic carbocycles. The van der Waals surface area contributed by atoms with E-state index >= 15 is 0 Å². The number of aryl methyl sites for hydroxylation is 2. The number of pyridine rings is 1. The summed E-state index contributed by atoms with van der Waals surface area (Å²) >= 11 is 0. The summed E-state index contributed by atoms with van der Waals surface area (Å²) in [6.45, 7) is 5.67. The van der Waals surface area contributed by atoms with Gasteiger partial charge in [-0.25, -0.2) is 4.98 Å². The van der Waals surface area contributed by atoms with Crippen LogP contribution in [0.25, 0.3) is 0 Å². The summed E-state index contributed by atoms with van der Waals surface area (Å²) in [6.07, 6.45) is 3.53. The Hall–Kier alpha value is -2.21. The van der Waals surface area contributed by atoms with Crippen molar-refractivity contribution in [1.82, 2.24) is 20.2 Å². The Kier molecular flexibility index (Phi) is 3.70. The molecule has 0 radical (unpaired) electrons. The molecule has 3 heterocycles. The van der Waals surface area contributed by atoms with Gasteiger partial charge in [0, 0.05) is 39.0 Å². The fraction of sp³-hybridized carbons (Fsp3) is 0.400. The van der Waals surface area contributed by atoms with Gasteiger partial charge in [-0.1, -0.05) is 6.07 Å². The first-order chi connectivity index (χ1) is 10.2. The van der Waals surface area contributed by atoms with E-state index in [0.717, 1.165) is 12.1 Å². The molecule has 6 nitrogen and oxygen atoms in total. The van der Waals surface area contributed by atoms with Gasteiger partial charge in [-0.2, -0.15) is 0 Å². The first-order valence-corrected chi connectivity index (χ1v) is 7.02. The molecule has 1 fully saturated rings. The van der Waals surface area contributed by atoms with E-state index < -0.39 is 0 Å². The van der Waals surface area contributed by atoms with Crippen LogP contribution < -0.4 is 5.32 Å². The highest BCUT2D eigenvalue weighted by Crippen LogP contribution is 2.24. The van der Waals surface area contributed by atoms with Crippen LogP contribution >= 0.6 is 0 Å². The number of aromatic nitrogens is 2. The van der Waals surface area contributed by atoms with Gasteiger partial charge in [-0.3, -0.25) is 9.78 Å². The molecule has 1 saturated heterocycles. The number of hydrogen-bond acceptors (Lipinski definition) is 5. The van der Waals surface area contributed by atoms with Crippen LogP contribution in [0, 0.1) is 13.8 Å². The Labute approximate surface area is 123 Å². The predicted octanol–water partition coefficient (Wildman–Crippen LogP) is 1.47. The number of carbonyl (C=O) groups is 1. The second-order valence-corrected chi connectivity index (χ2v) is 5.15. The minimum Gasteiger partial charge on any atom is -0.436 e. The summed E-state index contributed by atoms with van der Waals surface area (Å²) in [7, 11) is 0. The van der Waals surface area contributed by atoms with Crippen molar-refractivity contribution in [3.8, 4) is 0 Å². The molecule has 6 heteroatoms. The standard InChI is InChI=1S/C15H18N4O2/c1-10-14(21-11(2)18-10)15(20)19-7-6-17-9-13(19)12-4-3-5-16-8-12/h3-5,8,13,17H,6-7,9H2,1-2H3. The monoisotopic (exact) mass is 286 g/mol. The highest BCUT2D eigenvalue weighted by molar-refractivity contribution is 5.92. The van der Waals surface area contributed by atoms with Crippen molar-refractivity contribution >= 4 is 5.91 Å². The lowest BCUT2D eigenvalue weighted by Gasteiger charge is -2.35. The normalized spacial score (nSPS) is 18.8. The first kappa shape index (κ1) is 13.8. The number of carbonyl (C=O) groups excluding carboxylic acids is 1. The van der Waals surface area contributed by atoms with E-state index in [1.807, 2.05) is 17.0 Å². The zero-order chi connectivity index (χ0) is 14.8. The molecule has 0 aromatic carbocycles. The van der Waals surface area contributed by atoms with Crippen molar-refractivity contribution in [2.24, 2.45) is 0 Å². The maximum atomic E-state index is 12.8. The molecule has 3 rings (SSSR count). The summed E-state index contributed by atoms with van der Waals surface area (Å²) < 4.78 is 5.48. The number of amides is 1. The molecule has 110 valence electrons. The molecule has 1 atom stereocenters. The molecule has 1 unspecified atom stereocenters. The van der Waals surface area contributed by atoms with Crippen molar-refractivity contribution in [1.29, 1.82) is 0 Å². The average molecular weight is 286 g/mol. The minimum absolute atomic E-state index is 0.0373. The summed E-state index contributed by atoms with van der Waals surface area (Å²) in [6, 6.07) is 3.84. The molecule has 0 bridgehead atoms. The number of nitrogens with zero attached hydrogens (tertiary/aromatic N) is 3. The van der Waals surface area contributed by atoms with Gasteiger partial charge in [-0.15, -0.1) is 0 Å². The Morgan fingerprint density at radius 3 is 3.00 bits per heavy atom. The first-order valence-electron chi connectivity index (χ1n) is 7.02. The van der Waals surface area contributed by atoms with Gasteiger partial charge < -0.3 is 14.6 Å². The second kappa shape index (κ2) is 5.65. The Balaban J connectivity index is 1.91. The van der Waals surface area contributed by atoms with E-state index in [2.05, 4.69) is 15.3 Å². The SMILES string of the molecule is Cc1nc(C)c(C(=O)N2CCNCC2c2cccnc2)o1. The lowest BCUT2D eigenvalue weighted by molar-refractivity contribution is 0.0599. The van der Waals surface area contributed by atoms with Crippen molar-refractivity contribution in [3.63, 3.8) is 0 Å². The predicted molar refractivity (Wildman–Crippen MR) is 76.9 cm³/mol. The lowest BCUT2D eigenvalue weighted by Crippen LogP contribution is -2.48. The number of piperazine rings is 1. The number of hydrogen-bond donors (Lipinski definition) is 1. The van der Waals surface area contributed by atoms with Gasteiger partial charge in [-0.05, 0) is 18.6 Å². The molecular formula is C15H18N4O2. The zero-order valence-corrected chi connectivity index (χ0v) is 12.2. The van der Waals surface area contributed by atoms with Crippen LogP contribution in [0.5, 0.6) is 0 Å². The van der Waals surface area contributed by atoms with Gasteiger partial charge in [0.05, 0.1) is 11.7 Å². The van der Waals surface area contributed by atoms with E-state index in [4.69, 9.17) is 4.42 Å². The minimum atomic E-state index is -0.108. The molecule has 0 spiro atoms. The third-order valence-corrected chi connectivity index (χ3v) is 3.67. The fourth-order valence-corrected chi connectivity index (χ4v) is 2.68. The molecule has 2 aromatic rings. The second-order valence-electron chi connectivity index (χ2n) is 5.15. The van der Waals surface area contributed by atoms with Crippen LogP contribution in [0.1, 0.15) is 33.7 Å². The number of oxazole rings is 1. The smallest absolute Gasteiger partial charge is 0.292 e. The van der Waals surface area contributed by atoms with E-state index in [1.165, 1.54) is 0 Å². The third-order valence-electron chi connectivity index (χ3n) is 3.67. The van der Waals surface area contributed by atoms with Gasteiger partial charge >= 0.3 is 0 Å². The average Bonchev–Trinajstić information content (AvgIpc) is 2.86. The Morgan fingerprint density at radius 2 is 2.33 bits per heavy atom. The van der Waals surface area contributed by atoms with Crippen molar-refractivity contribution < 1.29 is 9.21 Å². The maximum absolute atomic E-state index is 12.8. The molecule has 1 amide bonds. The Bertz CT molecular complexity index is 638. The lowest BCUT2D eigenvalue weighted by atomic mass is 10.0. The fourth-order valence-electron chi connectivity index (χ4n) is 2.68. The molecule has 1 N–H and O–H groups in total. The zero-order valence-electron chi connectivity index (χ0n) is 12.2. The van der Waals surface area contributed by atoms with E-state index in [1.54, 1.807) is 26.2 Å². The summed E-state index contributed by atoms with van der Waals surface area (Å²) in [5, 5.41) is 3.32. The maximum Gasteiger partial charge on any atom is 0.292 e. The molecule has 0 saturated carbocycles. The van der Waals surface area contributed by atoms with E-state index in [-0.39, 0.29) is 11.9 Å². The van der Waals surface area contributed by atoms with Crippen LogP contribution in [0.4, 0.5) is 0 Å². The van der Waals surface area contributed by atoms with Crippen LogP contribution in [-0.4, -0.2) is 40.4 Å². The Morgan fingerprint density at radius 1 is 1.48 bits per heavy atom. The van der Waals surface area contributed by atoms with Gasteiger partial charge in [0.25, 0.3) is 5.91 Å². The van der Waals surface area contributed by atoms with Gasteiger partial charge in [0.15, 0.2) is 5.89 Å². The summed E-state index contributed by atoms with van der Waals surface area (Å²) in [5.41, 5.74) is 1.66. The van der Waals surface area contributed by atoms with Crippen LogP contribution in [0.15, 0.2) is 28.9 Å². The van der Waals surface area contributed by atoms with E-state index in [0.29, 0.717) is 30.4 Å². The van der Waals surface area contributed by atoms with Crippen LogP contribution in [0.3, 0.4) is 0 Å². The molecule has 21 heavy (non-hydrogen) atoms. The number of nitrogens with one attached hydrogen (secondary N) is 1. The van der Waals surface area contributed by atoms with Crippen molar-refractivity contribution in [2.75, 3.05) is 19.6 Å². The quantitative estimate of drug-likeness (QED) is 0.905. The molecule has 2 aromatic heterocycles. The van der Waals surface area contributed by atoms with Crippen molar-refractivity contribution in [3.05, 3.63) is 47.4 Å². The summed E-state index contributed by atoms with van der Waals surface area (Å²) in [4.78, 5) is 22.9. The van der Waals surface area contributed by atoms with E-state index in [9.17, 15) is 4.79 Å². The third kappa shape index (κ3) is 2.67. The van der Waals surface area contributed by atoms with Gasteiger partial charge in [0.2, 0.25) is 5.76 Å². The molecule has 1 aliphatic rings. The molecule has 1 aliphatic heterocycles.